The molecule has 112 valence electrons. The molecule has 21 heavy (non-hydrogen) atoms. The van der Waals surface area contributed by atoms with Gasteiger partial charge in [0.15, 0.2) is 0 Å². The Morgan fingerprint density at radius 3 is 2.86 bits per heavy atom. The number of amides is 1. The van der Waals surface area contributed by atoms with E-state index in [4.69, 9.17) is 5.73 Å². The molecule has 7 heteroatoms. The minimum Gasteiger partial charge on any atom is -0.378 e. The van der Waals surface area contributed by atoms with Crippen LogP contribution in [0.15, 0.2) is 12.1 Å². The van der Waals surface area contributed by atoms with Gasteiger partial charge in [-0.05, 0) is 36.8 Å². The molecule has 1 aliphatic heterocycles. The van der Waals surface area contributed by atoms with E-state index in [1.165, 1.54) is 6.07 Å². The molecule has 0 bridgehead atoms. The van der Waals surface area contributed by atoms with E-state index in [2.05, 4.69) is 10.6 Å². The molecule has 1 aromatic rings. The first kappa shape index (κ1) is 13.8. The van der Waals surface area contributed by atoms with Crippen LogP contribution in [-0.4, -0.2) is 23.4 Å². The number of carbonyl (C=O) groups excluding carboxylic acids is 1. The van der Waals surface area contributed by atoms with Crippen molar-refractivity contribution in [3.05, 3.63) is 27.8 Å². The summed E-state index contributed by atoms with van der Waals surface area (Å²) >= 11 is 0. The first-order chi connectivity index (χ1) is 10.0. The maximum atomic E-state index is 11.4. The van der Waals surface area contributed by atoms with Crippen LogP contribution < -0.4 is 16.4 Å². The fourth-order valence-corrected chi connectivity index (χ4v) is 2.63. The summed E-state index contributed by atoms with van der Waals surface area (Å²) in [6, 6.07) is 3.21. The van der Waals surface area contributed by atoms with Crippen molar-refractivity contribution in [2.75, 3.05) is 17.2 Å². The largest absolute Gasteiger partial charge is 0.378 e. The zero-order valence-electron chi connectivity index (χ0n) is 11.6. The van der Waals surface area contributed by atoms with Crippen LogP contribution in [0, 0.1) is 16.0 Å². The van der Waals surface area contributed by atoms with Crippen molar-refractivity contribution in [2.24, 2.45) is 11.7 Å². The Hall–Kier alpha value is -2.15. The lowest BCUT2D eigenvalue weighted by Gasteiger charge is -2.19. The molecule has 1 fully saturated rings. The van der Waals surface area contributed by atoms with Crippen LogP contribution in [0.5, 0.6) is 0 Å². The van der Waals surface area contributed by atoms with Crippen molar-refractivity contribution in [1.82, 2.24) is 0 Å². The minimum atomic E-state index is -0.438. The predicted octanol–water partition coefficient (Wildman–Crippen LogP) is 1.63. The average Bonchev–Trinajstić information content (AvgIpc) is 3.28. The Balaban J connectivity index is 1.83. The fraction of sp³-hybridized carbons (Fsp3) is 0.500. The van der Waals surface area contributed by atoms with Gasteiger partial charge in [0.1, 0.15) is 5.69 Å². The number of nitrogens with one attached hydrogen (secondary N) is 2. The summed E-state index contributed by atoms with van der Waals surface area (Å²) < 4.78 is 0. The van der Waals surface area contributed by atoms with Gasteiger partial charge in [0.05, 0.1) is 10.6 Å². The van der Waals surface area contributed by atoms with Crippen LogP contribution in [0.3, 0.4) is 0 Å². The highest BCUT2D eigenvalue weighted by molar-refractivity contribution is 5.95. The molecular weight excluding hydrogens is 272 g/mol. The highest BCUT2D eigenvalue weighted by Gasteiger charge is 2.29. The van der Waals surface area contributed by atoms with E-state index in [0.717, 1.165) is 18.4 Å². The molecule has 0 radical (unpaired) electrons. The Kier molecular flexibility index (Phi) is 3.50. The van der Waals surface area contributed by atoms with Crippen molar-refractivity contribution in [3.63, 3.8) is 0 Å². The van der Waals surface area contributed by atoms with Gasteiger partial charge in [-0.1, -0.05) is 0 Å². The molecule has 1 unspecified atom stereocenters. The van der Waals surface area contributed by atoms with Crippen molar-refractivity contribution >= 4 is 23.0 Å². The van der Waals surface area contributed by atoms with Crippen LogP contribution in [0.25, 0.3) is 0 Å². The van der Waals surface area contributed by atoms with Gasteiger partial charge >= 0.3 is 0 Å². The second-order valence-corrected chi connectivity index (χ2v) is 5.71. The quantitative estimate of drug-likeness (QED) is 0.564. The second kappa shape index (κ2) is 5.33. The Morgan fingerprint density at radius 2 is 2.19 bits per heavy atom. The van der Waals surface area contributed by atoms with Crippen molar-refractivity contribution < 1.29 is 9.72 Å². The van der Waals surface area contributed by atoms with E-state index < -0.39 is 4.92 Å². The minimum absolute atomic E-state index is 0.0281. The van der Waals surface area contributed by atoms with Gasteiger partial charge < -0.3 is 16.4 Å². The first-order valence-corrected chi connectivity index (χ1v) is 7.15. The molecule has 7 nitrogen and oxygen atoms in total. The Labute approximate surface area is 122 Å². The van der Waals surface area contributed by atoms with Crippen LogP contribution in [0.2, 0.25) is 0 Å². The molecule has 0 saturated heterocycles. The third kappa shape index (κ3) is 2.97. The number of rotatable bonds is 5. The van der Waals surface area contributed by atoms with E-state index in [0.29, 0.717) is 36.7 Å². The van der Waals surface area contributed by atoms with Gasteiger partial charge in [-0.3, -0.25) is 14.9 Å². The second-order valence-electron chi connectivity index (χ2n) is 5.71. The van der Waals surface area contributed by atoms with Crippen molar-refractivity contribution in [3.8, 4) is 0 Å². The lowest BCUT2D eigenvalue weighted by atomic mass is 10.0. The Morgan fingerprint density at radius 1 is 1.43 bits per heavy atom. The normalized spacial score (nSPS) is 18.6. The number of carbonyl (C=O) groups is 1. The predicted molar refractivity (Wildman–Crippen MR) is 79.2 cm³/mol. The molecule has 0 aromatic heterocycles. The number of anilines is 2. The first-order valence-electron chi connectivity index (χ1n) is 7.15. The van der Waals surface area contributed by atoms with Gasteiger partial charge in [-0.2, -0.15) is 0 Å². The summed E-state index contributed by atoms with van der Waals surface area (Å²) in [5.74, 6) is 0.432. The smallest absolute Gasteiger partial charge is 0.294 e. The number of hydrogen-bond donors (Lipinski definition) is 3. The van der Waals surface area contributed by atoms with E-state index in [1.54, 1.807) is 6.07 Å². The molecule has 1 atom stereocenters. The van der Waals surface area contributed by atoms with E-state index in [1.807, 2.05) is 0 Å². The number of aryl methyl sites for hydroxylation is 1. The average molecular weight is 290 g/mol. The number of nitro benzene ring substituents is 1. The molecule has 1 amide bonds. The molecule has 3 rings (SSSR count). The number of benzene rings is 1. The van der Waals surface area contributed by atoms with E-state index in [-0.39, 0.29) is 17.6 Å². The van der Waals surface area contributed by atoms with Gasteiger partial charge in [0.2, 0.25) is 5.91 Å². The van der Waals surface area contributed by atoms with E-state index >= 15 is 0 Å². The summed E-state index contributed by atoms with van der Waals surface area (Å²) in [7, 11) is 0. The summed E-state index contributed by atoms with van der Waals surface area (Å²) in [5.41, 5.74) is 7.92. The van der Waals surface area contributed by atoms with Crippen LogP contribution in [-0.2, 0) is 11.2 Å². The summed E-state index contributed by atoms with van der Waals surface area (Å²) in [4.78, 5) is 22.1. The fourth-order valence-electron chi connectivity index (χ4n) is 2.63. The summed E-state index contributed by atoms with van der Waals surface area (Å²) in [6.45, 7) is 0.524. The van der Waals surface area contributed by atoms with Gasteiger partial charge in [-0.25, -0.2) is 0 Å². The molecular formula is C14H18N4O3. The van der Waals surface area contributed by atoms with Crippen LogP contribution >= 0.6 is 0 Å². The monoisotopic (exact) mass is 290 g/mol. The van der Waals surface area contributed by atoms with Gasteiger partial charge in [-0.15, -0.1) is 0 Å². The standard InChI is InChI=1S/C14H18N4O3/c15-10(8-1-2-8)7-16-12-5-9-3-4-14(19)17-11(9)6-13(12)18(20)21/h5-6,8,10,16H,1-4,7,15H2,(H,17,19). The third-order valence-electron chi connectivity index (χ3n) is 4.07. The van der Waals surface area contributed by atoms with Gasteiger partial charge in [0.25, 0.3) is 5.69 Å². The topological polar surface area (TPSA) is 110 Å². The SMILES string of the molecule is NC(CNc1cc2c(cc1[N+](=O)[O-])NC(=O)CC2)C1CC1. The van der Waals surface area contributed by atoms with Crippen molar-refractivity contribution in [2.45, 2.75) is 31.7 Å². The van der Waals surface area contributed by atoms with Gasteiger partial charge in [0, 0.05) is 25.1 Å². The highest BCUT2D eigenvalue weighted by Crippen LogP contribution is 2.35. The molecule has 1 heterocycles. The zero-order valence-corrected chi connectivity index (χ0v) is 11.6. The third-order valence-corrected chi connectivity index (χ3v) is 4.07. The maximum absolute atomic E-state index is 11.4. The molecule has 0 spiro atoms. The summed E-state index contributed by atoms with van der Waals surface area (Å²) in [5, 5.41) is 17.0. The lowest BCUT2D eigenvalue weighted by Crippen LogP contribution is -2.31. The molecule has 1 aliphatic carbocycles. The number of fused-ring (bicyclic) bond motifs is 1. The molecule has 2 aliphatic rings. The van der Waals surface area contributed by atoms with Crippen LogP contribution in [0.1, 0.15) is 24.8 Å². The van der Waals surface area contributed by atoms with Crippen LogP contribution in [0.4, 0.5) is 17.1 Å². The molecule has 1 saturated carbocycles. The number of hydrogen-bond acceptors (Lipinski definition) is 5. The summed E-state index contributed by atoms with van der Waals surface area (Å²) in [6.07, 6.45) is 3.29. The number of nitrogens with zero attached hydrogens (tertiary/aromatic N) is 1. The van der Waals surface area contributed by atoms with E-state index in [9.17, 15) is 14.9 Å². The molecule has 4 N–H and O–H groups in total. The Bertz CT molecular complexity index is 598. The molecule has 1 aromatic carbocycles. The lowest BCUT2D eigenvalue weighted by molar-refractivity contribution is -0.383. The zero-order chi connectivity index (χ0) is 15.0. The highest BCUT2D eigenvalue weighted by atomic mass is 16.6. The maximum Gasteiger partial charge on any atom is 0.294 e. The number of nitro groups is 1. The van der Waals surface area contributed by atoms with Crippen molar-refractivity contribution in [1.29, 1.82) is 0 Å². The number of nitrogens with two attached hydrogens (primary N) is 1.